The van der Waals surface area contributed by atoms with Gasteiger partial charge in [-0.05, 0) is 12.1 Å². The molecule has 2 aromatic heterocycles. The first kappa shape index (κ1) is 13.3. The number of thiazole rings is 1. The van der Waals surface area contributed by atoms with E-state index >= 15 is 0 Å². The number of nitrogens with one attached hydrogen (secondary N) is 1. The molecule has 0 spiro atoms. The summed E-state index contributed by atoms with van der Waals surface area (Å²) in [5.74, 6) is 0. The molecule has 3 aromatic rings. The number of hydrogen-bond acceptors (Lipinski definition) is 5. The van der Waals surface area contributed by atoms with E-state index in [0.717, 1.165) is 16.7 Å². The largest absolute Gasteiger partial charge is 0.277 e. The summed E-state index contributed by atoms with van der Waals surface area (Å²) < 4.78 is 27.2. The molecule has 0 bridgehead atoms. The highest BCUT2D eigenvalue weighted by atomic mass is 35.5. The van der Waals surface area contributed by atoms with E-state index in [4.69, 9.17) is 11.6 Å². The third kappa shape index (κ3) is 2.47. The van der Waals surface area contributed by atoms with Gasteiger partial charge < -0.3 is 0 Å². The number of nitrogens with zero attached hydrogens (tertiary/aromatic N) is 2. The fourth-order valence-electron chi connectivity index (χ4n) is 1.75. The number of aromatic nitrogens is 2. The standard InChI is InChI=1S/C12H8ClN3O2S2/c13-12-15-7-10(19-12)20(17,18)16-9-5-1-3-8-4-2-6-14-11(8)9/h1-7,16H. The van der Waals surface area contributed by atoms with E-state index in [1.54, 1.807) is 24.4 Å². The van der Waals surface area contributed by atoms with Crippen molar-refractivity contribution in [2.45, 2.75) is 4.21 Å². The van der Waals surface area contributed by atoms with Crippen LogP contribution in [0.2, 0.25) is 4.47 Å². The summed E-state index contributed by atoms with van der Waals surface area (Å²) in [5, 5.41) is 0.857. The summed E-state index contributed by atoms with van der Waals surface area (Å²) in [6.07, 6.45) is 2.84. The lowest BCUT2D eigenvalue weighted by Crippen LogP contribution is -2.12. The van der Waals surface area contributed by atoms with Gasteiger partial charge in [-0.25, -0.2) is 13.4 Å². The van der Waals surface area contributed by atoms with Crippen molar-refractivity contribution in [1.82, 2.24) is 9.97 Å². The van der Waals surface area contributed by atoms with E-state index in [1.165, 1.54) is 6.20 Å². The molecule has 3 rings (SSSR count). The average molecular weight is 326 g/mol. The van der Waals surface area contributed by atoms with Gasteiger partial charge in [0.15, 0.2) is 8.68 Å². The van der Waals surface area contributed by atoms with Gasteiger partial charge in [0.2, 0.25) is 0 Å². The van der Waals surface area contributed by atoms with Crippen molar-refractivity contribution in [2.75, 3.05) is 4.72 Å². The van der Waals surface area contributed by atoms with Gasteiger partial charge in [0.25, 0.3) is 10.0 Å². The van der Waals surface area contributed by atoms with E-state index in [0.29, 0.717) is 11.2 Å². The molecule has 2 heterocycles. The second kappa shape index (κ2) is 5.01. The number of para-hydroxylation sites is 1. The summed E-state index contributed by atoms with van der Waals surface area (Å²) in [6, 6.07) is 8.95. The predicted molar refractivity (Wildman–Crippen MR) is 79.7 cm³/mol. The van der Waals surface area contributed by atoms with Crippen LogP contribution in [0, 0.1) is 0 Å². The SMILES string of the molecule is O=S(=O)(Nc1cccc2cccnc12)c1cnc(Cl)s1. The molecule has 0 aliphatic heterocycles. The molecule has 0 amide bonds. The fourth-order valence-corrected chi connectivity index (χ4v) is 4.10. The molecule has 1 aromatic carbocycles. The second-order valence-corrected chi connectivity index (χ2v) is 7.44. The van der Waals surface area contributed by atoms with Crippen LogP contribution >= 0.6 is 22.9 Å². The number of hydrogen-bond donors (Lipinski definition) is 1. The van der Waals surface area contributed by atoms with Gasteiger partial charge in [-0.2, -0.15) is 0 Å². The maximum atomic E-state index is 12.2. The van der Waals surface area contributed by atoms with Crippen LogP contribution < -0.4 is 4.72 Å². The van der Waals surface area contributed by atoms with Crippen molar-refractivity contribution in [2.24, 2.45) is 0 Å². The molecule has 20 heavy (non-hydrogen) atoms. The van der Waals surface area contributed by atoms with E-state index in [1.807, 2.05) is 12.1 Å². The van der Waals surface area contributed by atoms with Gasteiger partial charge in [0.05, 0.1) is 17.4 Å². The minimum absolute atomic E-state index is 0.0652. The van der Waals surface area contributed by atoms with Crippen LogP contribution in [0.3, 0.4) is 0 Å². The molecular weight excluding hydrogens is 318 g/mol. The first-order valence-electron chi connectivity index (χ1n) is 5.54. The normalized spacial score (nSPS) is 11.7. The Morgan fingerprint density at radius 2 is 1.95 bits per heavy atom. The lowest BCUT2D eigenvalue weighted by Gasteiger charge is -2.08. The summed E-state index contributed by atoms with van der Waals surface area (Å²) in [4.78, 5) is 7.93. The third-order valence-corrected chi connectivity index (χ3v) is 5.54. The molecule has 0 aliphatic rings. The number of halogens is 1. The summed E-state index contributed by atoms with van der Waals surface area (Å²) in [5.41, 5.74) is 1.02. The zero-order valence-electron chi connectivity index (χ0n) is 9.95. The van der Waals surface area contributed by atoms with E-state index in [-0.39, 0.29) is 8.68 Å². The Labute approximate surface area is 124 Å². The summed E-state index contributed by atoms with van der Waals surface area (Å²) >= 11 is 6.57. The van der Waals surface area contributed by atoms with Crippen molar-refractivity contribution in [3.63, 3.8) is 0 Å². The Bertz CT molecular complexity index is 872. The number of anilines is 1. The summed E-state index contributed by atoms with van der Waals surface area (Å²) in [7, 11) is -3.70. The first-order valence-corrected chi connectivity index (χ1v) is 8.22. The minimum Gasteiger partial charge on any atom is -0.277 e. The number of sulfonamides is 1. The lowest BCUT2D eigenvalue weighted by molar-refractivity contribution is 0.603. The molecule has 0 saturated heterocycles. The number of pyridine rings is 1. The molecule has 8 heteroatoms. The van der Waals surface area contributed by atoms with Crippen LogP contribution in [0.1, 0.15) is 0 Å². The maximum Gasteiger partial charge on any atom is 0.273 e. The summed E-state index contributed by atoms with van der Waals surface area (Å²) in [6.45, 7) is 0. The van der Waals surface area contributed by atoms with Crippen molar-refractivity contribution < 1.29 is 8.42 Å². The Balaban J connectivity index is 2.05. The number of benzene rings is 1. The van der Waals surface area contributed by atoms with Gasteiger partial charge in [0.1, 0.15) is 0 Å². The van der Waals surface area contributed by atoms with E-state index in [2.05, 4.69) is 14.7 Å². The van der Waals surface area contributed by atoms with Gasteiger partial charge in [-0.3, -0.25) is 9.71 Å². The van der Waals surface area contributed by atoms with E-state index in [9.17, 15) is 8.42 Å². The zero-order valence-corrected chi connectivity index (χ0v) is 12.3. The zero-order chi connectivity index (χ0) is 14.2. The Morgan fingerprint density at radius 3 is 2.70 bits per heavy atom. The fraction of sp³-hybridized carbons (Fsp3) is 0. The molecule has 0 unspecified atom stereocenters. The topological polar surface area (TPSA) is 72.0 Å². The number of rotatable bonds is 3. The highest BCUT2D eigenvalue weighted by Crippen LogP contribution is 2.27. The Morgan fingerprint density at radius 1 is 1.15 bits per heavy atom. The molecule has 0 atom stereocenters. The predicted octanol–water partition coefficient (Wildman–Crippen LogP) is 3.15. The quantitative estimate of drug-likeness (QED) is 0.803. The minimum atomic E-state index is -3.70. The maximum absolute atomic E-state index is 12.2. The van der Waals surface area contributed by atoms with Gasteiger partial charge in [-0.15, -0.1) is 0 Å². The van der Waals surface area contributed by atoms with Crippen molar-refractivity contribution in [3.8, 4) is 0 Å². The molecule has 0 fully saturated rings. The van der Waals surface area contributed by atoms with E-state index < -0.39 is 10.0 Å². The van der Waals surface area contributed by atoms with Gasteiger partial charge >= 0.3 is 0 Å². The van der Waals surface area contributed by atoms with Crippen LogP contribution in [0.5, 0.6) is 0 Å². The van der Waals surface area contributed by atoms with Gasteiger partial charge in [0, 0.05) is 11.6 Å². The molecule has 0 radical (unpaired) electrons. The second-order valence-electron chi connectivity index (χ2n) is 3.92. The third-order valence-electron chi connectivity index (χ3n) is 2.60. The first-order chi connectivity index (χ1) is 9.56. The van der Waals surface area contributed by atoms with Crippen molar-refractivity contribution >= 4 is 49.6 Å². The van der Waals surface area contributed by atoms with Crippen LogP contribution in [-0.4, -0.2) is 18.4 Å². The highest BCUT2D eigenvalue weighted by molar-refractivity contribution is 7.94. The Kier molecular flexibility index (Phi) is 3.33. The lowest BCUT2D eigenvalue weighted by atomic mass is 10.2. The molecule has 1 N–H and O–H groups in total. The highest BCUT2D eigenvalue weighted by Gasteiger charge is 2.18. The monoisotopic (exact) mass is 325 g/mol. The molecule has 5 nitrogen and oxygen atoms in total. The van der Waals surface area contributed by atoms with Crippen LogP contribution in [0.25, 0.3) is 10.9 Å². The van der Waals surface area contributed by atoms with Crippen molar-refractivity contribution in [1.29, 1.82) is 0 Å². The average Bonchev–Trinajstić information content (AvgIpc) is 2.86. The Hall–Kier alpha value is -1.70. The van der Waals surface area contributed by atoms with Crippen LogP contribution in [-0.2, 0) is 10.0 Å². The van der Waals surface area contributed by atoms with Crippen LogP contribution in [0.4, 0.5) is 5.69 Å². The molecule has 0 aliphatic carbocycles. The van der Waals surface area contributed by atoms with Gasteiger partial charge in [-0.1, -0.05) is 41.1 Å². The van der Waals surface area contributed by atoms with Crippen molar-refractivity contribution in [3.05, 3.63) is 47.2 Å². The molecular formula is C12H8ClN3O2S2. The number of fused-ring (bicyclic) bond motifs is 1. The smallest absolute Gasteiger partial charge is 0.273 e. The molecule has 0 saturated carbocycles. The van der Waals surface area contributed by atoms with Crippen LogP contribution in [0.15, 0.2) is 46.9 Å². The molecule has 102 valence electrons.